The maximum Gasteiger partial charge on any atom is 0.138 e. The first-order chi connectivity index (χ1) is 9.86. The molecule has 1 aromatic carbocycles. The van der Waals surface area contributed by atoms with E-state index in [1.54, 1.807) is 0 Å². The third-order valence-electron chi connectivity index (χ3n) is 4.58. The first-order valence-corrected chi connectivity index (χ1v) is 8.00. The van der Waals surface area contributed by atoms with E-state index in [0.717, 1.165) is 24.8 Å². The van der Waals surface area contributed by atoms with Crippen molar-refractivity contribution in [1.29, 1.82) is 0 Å². The Balaban J connectivity index is 1.55. The Bertz CT molecular complexity index is 432. The van der Waals surface area contributed by atoms with E-state index in [0.29, 0.717) is 0 Å². The molecule has 0 spiro atoms. The number of anilines is 2. The second kappa shape index (κ2) is 6.55. The predicted octanol–water partition coefficient (Wildman–Crippen LogP) is 3.00. The molecule has 107 valence electrons. The predicted molar refractivity (Wildman–Crippen MR) is 88.7 cm³/mol. The van der Waals surface area contributed by atoms with Crippen molar-refractivity contribution in [2.24, 2.45) is 0 Å². The third-order valence-corrected chi connectivity index (χ3v) is 4.69. The van der Waals surface area contributed by atoms with Crippen LogP contribution in [0.15, 0.2) is 24.3 Å². The average molecular weight is 288 g/mol. The largest absolute Gasteiger partial charge is 0.369 e. The Morgan fingerprint density at radius 3 is 2.25 bits per heavy atom. The van der Waals surface area contributed by atoms with Gasteiger partial charge in [-0.2, -0.15) is 0 Å². The van der Waals surface area contributed by atoms with Crippen LogP contribution in [0.25, 0.3) is 0 Å². The molecular weight excluding hydrogens is 266 g/mol. The van der Waals surface area contributed by atoms with E-state index in [1.807, 2.05) is 0 Å². The minimum absolute atomic E-state index is 0.863. The summed E-state index contributed by atoms with van der Waals surface area (Å²) in [6, 6.07) is 9.33. The molecule has 1 aromatic rings. The fourth-order valence-electron chi connectivity index (χ4n) is 3.43. The van der Waals surface area contributed by atoms with E-state index in [1.165, 1.54) is 44.5 Å². The lowest BCUT2D eigenvalue weighted by Gasteiger charge is -2.39. The highest BCUT2D eigenvalue weighted by molar-refractivity contribution is 7.79. The monoisotopic (exact) mass is 288 g/mol. The maximum absolute atomic E-state index is 4.68. The molecule has 3 rings (SSSR count). The molecule has 0 atom stereocenters. The summed E-state index contributed by atoms with van der Waals surface area (Å²) in [5.41, 5.74) is 4.85. The van der Waals surface area contributed by atoms with Gasteiger partial charge in [0.15, 0.2) is 0 Å². The standard InChI is InChI=1S/C16H22N3S/c20-13-17-14-5-7-16(8-6-14)19-11-9-18(10-12-19)15-3-1-2-4-15/h5-8,15H,1-4,9-12H2,(H,17,20). The van der Waals surface area contributed by atoms with Crippen molar-refractivity contribution >= 4 is 29.1 Å². The van der Waals surface area contributed by atoms with Crippen molar-refractivity contribution in [2.75, 3.05) is 36.4 Å². The molecule has 1 N–H and O–H groups in total. The quantitative estimate of drug-likeness (QED) is 0.678. The number of nitrogens with one attached hydrogen (secondary N) is 1. The second-order valence-electron chi connectivity index (χ2n) is 5.74. The van der Waals surface area contributed by atoms with Gasteiger partial charge in [0.1, 0.15) is 5.49 Å². The first-order valence-electron chi connectivity index (χ1n) is 7.59. The average Bonchev–Trinajstić information content (AvgIpc) is 3.03. The zero-order valence-electron chi connectivity index (χ0n) is 11.8. The van der Waals surface area contributed by atoms with Gasteiger partial charge in [0.25, 0.3) is 0 Å². The lowest BCUT2D eigenvalue weighted by atomic mass is 10.1. The Labute approximate surface area is 126 Å². The van der Waals surface area contributed by atoms with Gasteiger partial charge in [0.2, 0.25) is 0 Å². The lowest BCUT2D eigenvalue weighted by Crippen LogP contribution is -2.49. The molecule has 1 saturated heterocycles. The molecule has 2 aliphatic rings. The fraction of sp³-hybridized carbons (Fsp3) is 0.562. The number of rotatable bonds is 4. The number of thiocarbonyl (C=S) groups is 1. The van der Waals surface area contributed by atoms with E-state index in [2.05, 4.69) is 57.1 Å². The molecule has 20 heavy (non-hydrogen) atoms. The van der Waals surface area contributed by atoms with Crippen LogP contribution in [0.2, 0.25) is 0 Å². The zero-order chi connectivity index (χ0) is 13.8. The van der Waals surface area contributed by atoms with Gasteiger partial charge in [-0.1, -0.05) is 25.1 Å². The summed E-state index contributed by atoms with van der Waals surface area (Å²) in [6.45, 7) is 4.70. The minimum atomic E-state index is 0.863. The van der Waals surface area contributed by atoms with Gasteiger partial charge in [-0.05, 0) is 37.1 Å². The smallest absolute Gasteiger partial charge is 0.138 e. The summed E-state index contributed by atoms with van der Waals surface area (Å²) >= 11 is 4.68. The molecular formula is C16H22N3S. The number of hydrogen-bond acceptors (Lipinski definition) is 3. The highest BCUT2D eigenvalue weighted by Crippen LogP contribution is 2.26. The van der Waals surface area contributed by atoms with Crippen molar-refractivity contribution < 1.29 is 0 Å². The number of hydrogen-bond donors (Lipinski definition) is 1. The number of nitrogens with zero attached hydrogens (tertiary/aromatic N) is 2. The fourth-order valence-corrected chi connectivity index (χ4v) is 3.55. The molecule has 1 aliphatic carbocycles. The Morgan fingerprint density at radius 2 is 1.65 bits per heavy atom. The van der Waals surface area contributed by atoms with Crippen LogP contribution in [-0.4, -0.2) is 42.6 Å². The van der Waals surface area contributed by atoms with Gasteiger partial charge in [0, 0.05) is 43.6 Å². The van der Waals surface area contributed by atoms with Crippen LogP contribution in [0.4, 0.5) is 11.4 Å². The van der Waals surface area contributed by atoms with Crippen LogP contribution in [0.3, 0.4) is 0 Å². The highest BCUT2D eigenvalue weighted by atomic mass is 32.1. The molecule has 2 fully saturated rings. The molecule has 0 aromatic heterocycles. The van der Waals surface area contributed by atoms with Crippen LogP contribution in [0.5, 0.6) is 0 Å². The molecule has 1 radical (unpaired) electrons. The van der Waals surface area contributed by atoms with Gasteiger partial charge < -0.3 is 10.2 Å². The summed E-state index contributed by atoms with van der Waals surface area (Å²) < 4.78 is 0. The van der Waals surface area contributed by atoms with Crippen molar-refractivity contribution in [1.82, 2.24) is 4.90 Å². The summed E-state index contributed by atoms with van der Waals surface area (Å²) in [5.74, 6) is 0. The lowest BCUT2D eigenvalue weighted by molar-refractivity contribution is 0.187. The topological polar surface area (TPSA) is 18.5 Å². The number of benzene rings is 1. The van der Waals surface area contributed by atoms with Crippen LogP contribution in [0.1, 0.15) is 25.7 Å². The molecule has 1 heterocycles. The van der Waals surface area contributed by atoms with Gasteiger partial charge in [-0.3, -0.25) is 4.90 Å². The van der Waals surface area contributed by atoms with Crippen molar-refractivity contribution in [3.8, 4) is 0 Å². The molecule has 4 heteroatoms. The molecule has 1 aliphatic heterocycles. The summed E-state index contributed by atoms with van der Waals surface area (Å²) in [6.07, 6.45) is 5.68. The first kappa shape index (κ1) is 13.8. The highest BCUT2D eigenvalue weighted by Gasteiger charge is 2.26. The molecule has 1 saturated carbocycles. The van der Waals surface area contributed by atoms with Crippen molar-refractivity contribution in [3.05, 3.63) is 24.3 Å². The van der Waals surface area contributed by atoms with Crippen LogP contribution in [0, 0.1) is 0 Å². The SMILES string of the molecule is S=[C]Nc1ccc(N2CCN(C3CCCC3)CC2)cc1. The molecule has 0 amide bonds. The van der Waals surface area contributed by atoms with E-state index < -0.39 is 0 Å². The molecule has 0 bridgehead atoms. The van der Waals surface area contributed by atoms with E-state index in [9.17, 15) is 0 Å². The van der Waals surface area contributed by atoms with Crippen LogP contribution in [-0.2, 0) is 0 Å². The van der Waals surface area contributed by atoms with E-state index in [4.69, 9.17) is 0 Å². The summed E-state index contributed by atoms with van der Waals surface area (Å²) in [7, 11) is 0. The molecule has 3 nitrogen and oxygen atoms in total. The van der Waals surface area contributed by atoms with E-state index in [-0.39, 0.29) is 0 Å². The van der Waals surface area contributed by atoms with Gasteiger partial charge in [0.05, 0.1) is 0 Å². The van der Waals surface area contributed by atoms with Gasteiger partial charge in [-0.25, -0.2) is 0 Å². The van der Waals surface area contributed by atoms with Crippen LogP contribution >= 0.6 is 12.2 Å². The molecule has 0 unspecified atom stereocenters. The Hall–Kier alpha value is -1.13. The minimum Gasteiger partial charge on any atom is -0.369 e. The number of piperazine rings is 1. The Kier molecular flexibility index (Phi) is 4.53. The maximum atomic E-state index is 4.68. The van der Waals surface area contributed by atoms with Crippen molar-refractivity contribution in [3.63, 3.8) is 0 Å². The third kappa shape index (κ3) is 3.13. The van der Waals surface area contributed by atoms with Crippen molar-refractivity contribution in [2.45, 2.75) is 31.7 Å². The van der Waals surface area contributed by atoms with Gasteiger partial charge in [-0.15, -0.1) is 0 Å². The summed E-state index contributed by atoms with van der Waals surface area (Å²) in [4.78, 5) is 5.18. The van der Waals surface area contributed by atoms with Crippen LogP contribution < -0.4 is 10.2 Å². The van der Waals surface area contributed by atoms with E-state index >= 15 is 0 Å². The Morgan fingerprint density at radius 1 is 1.00 bits per heavy atom. The zero-order valence-corrected chi connectivity index (χ0v) is 12.7. The second-order valence-corrected chi connectivity index (χ2v) is 5.94. The normalized spacial score (nSPS) is 21.1. The van der Waals surface area contributed by atoms with Gasteiger partial charge >= 0.3 is 0 Å². The summed E-state index contributed by atoms with van der Waals surface area (Å²) in [5, 5.41) is 2.92.